The monoisotopic (exact) mass is 432 g/mol. The normalized spacial score (nSPS) is 11.7. The first-order chi connectivity index (χ1) is 13.7. The summed E-state index contributed by atoms with van der Waals surface area (Å²) in [6.45, 7) is -3.38. The number of aromatic nitrogens is 1. The van der Waals surface area contributed by atoms with Crippen LogP contribution < -0.4 is 9.46 Å². The number of rotatable bonds is 7. The SMILES string of the molecule is O=S(=O)(Nc1cc(F)c(OC(F)F)cc1F)c1c[nH]cc1Cc1cccc(F)c1. The van der Waals surface area contributed by atoms with Crippen molar-refractivity contribution in [2.24, 2.45) is 0 Å². The van der Waals surface area contributed by atoms with Gasteiger partial charge in [0.15, 0.2) is 17.4 Å². The summed E-state index contributed by atoms with van der Waals surface area (Å²) in [6, 6.07) is 6.22. The van der Waals surface area contributed by atoms with Crippen molar-refractivity contribution in [3.63, 3.8) is 0 Å². The van der Waals surface area contributed by atoms with E-state index in [9.17, 15) is 30.4 Å². The molecule has 0 saturated carbocycles. The topological polar surface area (TPSA) is 71.2 Å². The van der Waals surface area contributed by atoms with E-state index in [1.165, 1.54) is 24.4 Å². The molecular formula is C18H13F5N2O3S. The van der Waals surface area contributed by atoms with Gasteiger partial charge < -0.3 is 9.72 Å². The van der Waals surface area contributed by atoms with Crippen LogP contribution in [0.2, 0.25) is 0 Å². The summed E-state index contributed by atoms with van der Waals surface area (Å²) < 4.78 is 96.5. The second-order valence-electron chi connectivity index (χ2n) is 5.90. The highest BCUT2D eigenvalue weighted by molar-refractivity contribution is 7.92. The number of hydrogen-bond acceptors (Lipinski definition) is 3. The molecular weight excluding hydrogens is 419 g/mol. The fourth-order valence-corrected chi connectivity index (χ4v) is 3.89. The summed E-state index contributed by atoms with van der Waals surface area (Å²) in [4.78, 5) is 2.33. The molecule has 1 aromatic heterocycles. The van der Waals surface area contributed by atoms with Gasteiger partial charge in [-0.15, -0.1) is 0 Å². The van der Waals surface area contributed by atoms with Crippen LogP contribution in [0.5, 0.6) is 5.75 Å². The summed E-state index contributed by atoms with van der Waals surface area (Å²) >= 11 is 0. The Kier molecular flexibility index (Phi) is 5.78. The average molecular weight is 432 g/mol. The van der Waals surface area contributed by atoms with E-state index in [0.717, 1.165) is 6.20 Å². The fourth-order valence-electron chi connectivity index (χ4n) is 2.63. The standard InChI is InChI=1S/C18H13F5N2O3S/c19-12-3-1-2-10(5-12)4-11-8-24-9-17(11)29(26,27)25-15-6-14(21)16(7-13(15)20)28-18(22)23/h1-3,5-9,18,24-25H,4H2. The second kappa shape index (κ2) is 8.11. The molecule has 11 heteroatoms. The van der Waals surface area contributed by atoms with Gasteiger partial charge in [-0.1, -0.05) is 12.1 Å². The summed E-state index contributed by atoms with van der Waals surface area (Å²) in [6.07, 6.45) is 2.55. The van der Waals surface area contributed by atoms with E-state index in [1.54, 1.807) is 6.07 Å². The number of ether oxygens (including phenoxy) is 1. The van der Waals surface area contributed by atoms with Crippen molar-refractivity contribution in [1.29, 1.82) is 0 Å². The third kappa shape index (κ3) is 4.86. The van der Waals surface area contributed by atoms with Crippen molar-refractivity contribution in [1.82, 2.24) is 4.98 Å². The minimum atomic E-state index is -4.38. The molecule has 0 spiro atoms. The molecule has 29 heavy (non-hydrogen) atoms. The number of benzene rings is 2. The smallest absolute Gasteiger partial charge is 0.387 e. The van der Waals surface area contributed by atoms with Gasteiger partial charge in [0.1, 0.15) is 10.7 Å². The number of H-pyrrole nitrogens is 1. The Bertz CT molecular complexity index is 1130. The Morgan fingerprint density at radius 3 is 2.48 bits per heavy atom. The van der Waals surface area contributed by atoms with E-state index in [1.807, 2.05) is 4.72 Å². The third-order valence-corrected chi connectivity index (χ3v) is 5.29. The fraction of sp³-hybridized carbons (Fsp3) is 0.111. The predicted octanol–water partition coefficient (Wildman–Crippen LogP) is 4.43. The molecule has 0 aliphatic rings. The van der Waals surface area contributed by atoms with Gasteiger partial charge in [-0.25, -0.2) is 21.6 Å². The molecule has 2 aromatic carbocycles. The maximum Gasteiger partial charge on any atom is 0.387 e. The van der Waals surface area contributed by atoms with Crippen LogP contribution in [0.1, 0.15) is 11.1 Å². The summed E-state index contributed by atoms with van der Waals surface area (Å²) in [7, 11) is -4.38. The summed E-state index contributed by atoms with van der Waals surface area (Å²) in [5.41, 5.74) is -0.0459. The largest absolute Gasteiger partial charge is 0.432 e. The minimum Gasteiger partial charge on any atom is -0.432 e. The molecule has 0 fully saturated rings. The first kappa shape index (κ1) is 20.6. The molecule has 0 radical (unpaired) electrons. The van der Waals surface area contributed by atoms with Crippen molar-refractivity contribution >= 4 is 15.7 Å². The molecule has 1 heterocycles. The molecule has 0 saturated heterocycles. The number of alkyl halides is 2. The summed E-state index contributed by atoms with van der Waals surface area (Å²) in [5.74, 6) is -4.25. The zero-order valence-corrected chi connectivity index (χ0v) is 15.2. The Balaban J connectivity index is 1.88. The van der Waals surface area contributed by atoms with Gasteiger partial charge in [0.25, 0.3) is 10.0 Å². The van der Waals surface area contributed by atoms with Gasteiger partial charge in [0.2, 0.25) is 0 Å². The van der Waals surface area contributed by atoms with Crippen LogP contribution >= 0.6 is 0 Å². The lowest BCUT2D eigenvalue weighted by Gasteiger charge is -2.12. The molecule has 0 aliphatic carbocycles. The van der Waals surface area contributed by atoms with Crippen molar-refractivity contribution in [3.8, 4) is 5.75 Å². The minimum absolute atomic E-state index is 0.0511. The third-order valence-electron chi connectivity index (χ3n) is 3.84. The number of sulfonamides is 1. The van der Waals surface area contributed by atoms with Crippen LogP contribution in [-0.4, -0.2) is 20.0 Å². The quantitative estimate of drug-likeness (QED) is 0.543. The molecule has 3 aromatic rings. The van der Waals surface area contributed by atoms with Crippen LogP contribution in [0, 0.1) is 17.5 Å². The first-order valence-electron chi connectivity index (χ1n) is 8.02. The number of nitrogens with one attached hydrogen (secondary N) is 2. The Morgan fingerprint density at radius 2 is 1.79 bits per heavy atom. The van der Waals surface area contributed by atoms with E-state index in [0.29, 0.717) is 17.7 Å². The van der Waals surface area contributed by atoms with E-state index < -0.39 is 45.5 Å². The van der Waals surface area contributed by atoms with Crippen LogP contribution in [0.4, 0.5) is 27.6 Å². The van der Waals surface area contributed by atoms with Gasteiger partial charge in [0, 0.05) is 30.9 Å². The lowest BCUT2D eigenvalue weighted by Crippen LogP contribution is -2.15. The highest BCUT2D eigenvalue weighted by Gasteiger charge is 2.23. The first-order valence-corrected chi connectivity index (χ1v) is 9.51. The van der Waals surface area contributed by atoms with E-state index >= 15 is 0 Å². The Labute approximate surface area is 162 Å². The molecule has 0 bridgehead atoms. The number of halogens is 5. The molecule has 154 valence electrons. The highest BCUT2D eigenvalue weighted by Crippen LogP contribution is 2.29. The van der Waals surface area contributed by atoms with Crippen molar-refractivity contribution < 1.29 is 35.1 Å². The Hall–Kier alpha value is -3.08. The van der Waals surface area contributed by atoms with Gasteiger partial charge >= 0.3 is 6.61 Å². The average Bonchev–Trinajstić information content (AvgIpc) is 3.08. The van der Waals surface area contributed by atoms with Crippen molar-refractivity contribution in [2.75, 3.05) is 4.72 Å². The predicted molar refractivity (Wildman–Crippen MR) is 93.8 cm³/mol. The maximum absolute atomic E-state index is 14.1. The van der Waals surface area contributed by atoms with Crippen molar-refractivity contribution in [3.05, 3.63) is 77.4 Å². The molecule has 0 unspecified atom stereocenters. The second-order valence-corrected chi connectivity index (χ2v) is 7.55. The maximum atomic E-state index is 14.1. The van der Waals surface area contributed by atoms with E-state index in [4.69, 9.17) is 0 Å². The molecule has 0 amide bonds. The van der Waals surface area contributed by atoms with Crippen LogP contribution in [0.25, 0.3) is 0 Å². The van der Waals surface area contributed by atoms with Gasteiger partial charge in [-0.05, 0) is 23.3 Å². The van der Waals surface area contributed by atoms with E-state index in [2.05, 4.69) is 9.72 Å². The lowest BCUT2D eigenvalue weighted by molar-refractivity contribution is -0.0523. The Morgan fingerprint density at radius 1 is 1.03 bits per heavy atom. The van der Waals surface area contributed by atoms with Crippen molar-refractivity contribution in [2.45, 2.75) is 17.9 Å². The van der Waals surface area contributed by atoms with Crippen LogP contribution in [-0.2, 0) is 16.4 Å². The van der Waals surface area contributed by atoms with Gasteiger partial charge in [0.05, 0.1) is 5.69 Å². The molecule has 5 nitrogen and oxygen atoms in total. The zero-order valence-electron chi connectivity index (χ0n) is 14.4. The number of aromatic amines is 1. The molecule has 2 N–H and O–H groups in total. The molecule has 3 rings (SSSR count). The van der Waals surface area contributed by atoms with Crippen LogP contribution in [0.3, 0.4) is 0 Å². The molecule has 0 atom stereocenters. The highest BCUT2D eigenvalue weighted by atomic mass is 32.2. The number of hydrogen-bond donors (Lipinski definition) is 2. The van der Waals surface area contributed by atoms with Gasteiger partial charge in [-0.3, -0.25) is 4.72 Å². The van der Waals surface area contributed by atoms with E-state index in [-0.39, 0.29) is 16.9 Å². The molecule has 0 aliphatic heterocycles. The zero-order chi connectivity index (χ0) is 21.2. The van der Waals surface area contributed by atoms with Gasteiger partial charge in [-0.2, -0.15) is 8.78 Å². The number of anilines is 1. The van der Waals surface area contributed by atoms with Crippen LogP contribution in [0.15, 0.2) is 53.7 Å². The lowest BCUT2D eigenvalue weighted by atomic mass is 10.1. The summed E-state index contributed by atoms with van der Waals surface area (Å²) in [5, 5.41) is 0.